The van der Waals surface area contributed by atoms with Gasteiger partial charge in [0.1, 0.15) is 5.69 Å². The van der Waals surface area contributed by atoms with Crippen molar-refractivity contribution in [2.75, 3.05) is 23.3 Å². The molecule has 0 aliphatic heterocycles. The average Bonchev–Trinajstić information content (AvgIpc) is 2.49. The molecular formula is C16H20N4O. The first-order valence-corrected chi connectivity index (χ1v) is 7.11. The zero-order valence-corrected chi connectivity index (χ0v) is 12.6. The van der Waals surface area contributed by atoms with E-state index in [9.17, 15) is 4.79 Å². The summed E-state index contributed by atoms with van der Waals surface area (Å²) >= 11 is 0. The molecule has 0 atom stereocenters. The third-order valence-corrected chi connectivity index (χ3v) is 3.15. The van der Waals surface area contributed by atoms with Gasteiger partial charge in [-0.2, -0.15) is 0 Å². The Morgan fingerprint density at radius 1 is 1.14 bits per heavy atom. The monoisotopic (exact) mass is 284 g/mol. The first kappa shape index (κ1) is 15.0. The van der Waals surface area contributed by atoms with Crippen LogP contribution in [0.15, 0.2) is 36.4 Å². The van der Waals surface area contributed by atoms with E-state index in [0.717, 1.165) is 24.5 Å². The maximum absolute atomic E-state index is 12.3. The molecule has 1 heterocycles. The maximum atomic E-state index is 12.3. The fourth-order valence-electron chi connectivity index (χ4n) is 2.03. The third kappa shape index (κ3) is 3.78. The van der Waals surface area contributed by atoms with Crippen molar-refractivity contribution < 1.29 is 4.79 Å². The second-order valence-corrected chi connectivity index (χ2v) is 4.69. The summed E-state index contributed by atoms with van der Waals surface area (Å²) in [5.41, 5.74) is 1.92. The Morgan fingerprint density at radius 2 is 1.81 bits per heavy atom. The fourth-order valence-corrected chi connectivity index (χ4v) is 2.03. The van der Waals surface area contributed by atoms with Crippen LogP contribution < -0.4 is 10.2 Å². The minimum atomic E-state index is -0.222. The summed E-state index contributed by atoms with van der Waals surface area (Å²) < 4.78 is 0. The van der Waals surface area contributed by atoms with Crippen LogP contribution in [0.1, 0.15) is 30.0 Å². The second-order valence-electron chi connectivity index (χ2n) is 4.69. The molecule has 5 heteroatoms. The van der Waals surface area contributed by atoms with Crippen LogP contribution in [-0.4, -0.2) is 29.0 Å². The second kappa shape index (κ2) is 6.83. The van der Waals surface area contributed by atoms with Gasteiger partial charge in [-0.1, -0.05) is 18.2 Å². The molecule has 1 aromatic carbocycles. The van der Waals surface area contributed by atoms with Crippen molar-refractivity contribution in [1.29, 1.82) is 0 Å². The molecule has 21 heavy (non-hydrogen) atoms. The van der Waals surface area contributed by atoms with E-state index in [-0.39, 0.29) is 5.91 Å². The number of rotatable bonds is 5. The van der Waals surface area contributed by atoms with Crippen LogP contribution in [0.3, 0.4) is 0 Å². The summed E-state index contributed by atoms with van der Waals surface area (Å²) in [6.07, 6.45) is 0. The predicted molar refractivity (Wildman–Crippen MR) is 84.7 cm³/mol. The molecule has 0 radical (unpaired) electrons. The number of aromatic nitrogens is 2. The number of carbonyl (C=O) groups excluding carboxylic acids is 1. The summed E-state index contributed by atoms with van der Waals surface area (Å²) in [4.78, 5) is 23.1. The summed E-state index contributed by atoms with van der Waals surface area (Å²) in [5.74, 6) is 0.373. The van der Waals surface area contributed by atoms with Crippen molar-refractivity contribution >= 4 is 17.5 Å². The van der Waals surface area contributed by atoms with Gasteiger partial charge >= 0.3 is 0 Å². The van der Waals surface area contributed by atoms with Crippen LogP contribution in [0.5, 0.6) is 0 Å². The van der Waals surface area contributed by atoms with Crippen molar-refractivity contribution in [3.8, 4) is 0 Å². The highest BCUT2D eigenvalue weighted by Gasteiger charge is 2.13. The Labute approximate surface area is 125 Å². The maximum Gasteiger partial charge on any atom is 0.274 e. The van der Waals surface area contributed by atoms with Crippen LogP contribution in [0.4, 0.5) is 11.6 Å². The highest BCUT2D eigenvalue weighted by Crippen LogP contribution is 2.12. The topological polar surface area (TPSA) is 58.1 Å². The number of nitrogens with zero attached hydrogens (tertiary/aromatic N) is 3. The Bertz CT molecular complexity index is 609. The molecule has 5 nitrogen and oxygen atoms in total. The summed E-state index contributed by atoms with van der Waals surface area (Å²) in [7, 11) is 0. The lowest BCUT2D eigenvalue weighted by Crippen LogP contribution is -2.26. The summed E-state index contributed by atoms with van der Waals surface area (Å²) in [6, 6.07) is 11.0. The zero-order valence-electron chi connectivity index (χ0n) is 12.6. The van der Waals surface area contributed by atoms with Crippen molar-refractivity contribution in [1.82, 2.24) is 9.97 Å². The van der Waals surface area contributed by atoms with Gasteiger partial charge in [-0.3, -0.25) is 4.79 Å². The van der Waals surface area contributed by atoms with Gasteiger partial charge in [-0.15, -0.1) is 0 Å². The first-order valence-electron chi connectivity index (χ1n) is 7.11. The Hall–Kier alpha value is -2.43. The number of carbonyl (C=O) groups is 1. The van der Waals surface area contributed by atoms with E-state index < -0.39 is 0 Å². The van der Waals surface area contributed by atoms with E-state index in [1.807, 2.05) is 56.0 Å². The zero-order chi connectivity index (χ0) is 15.2. The van der Waals surface area contributed by atoms with E-state index in [4.69, 9.17) is 0 Å². The molecule has 0 saturated heterocycles. The molecule has 0 unspecified atom stereocenters. The van der Waals surface area contributed by atoms with Crippen molar-refractivity contribution in [2.24, 2.45) is 0 Å². The number of hydrogen-bond acceptors (Lipinski definition) is 4. The van der Waals surface area contributed by atoms with E-state index in [1.165, 1.54) is 0 Å². The third-order valence-electron chi connectivity index (χ3n) is 3.15. The Kier molecular flexibility index (Phi) is 4.87. The highest BCUT2D eigenvalue weighted by molar-refractivity contribution is 6.03. The van der Waals surface area contributed by atoms with Crippen LogP contribution in [0, 0.1) is 6.92 Å². The molecular weight excluding hydrogens is 264 g/mol. The molecule has 110 valence electrons. The molecule has 0 fully saturated rings. The Balaban J connectivity index is 2.25. The van der Waals surface area contributed by atoms with Gasteiger partial charge < -0.3 is 10.2 Å². The first-order chi connectivity index (χ1) is 10.1. The number of benzene rings is 1. The number of hydrogen-bond donors (Lipinski definition) is 1. The lowest BCUT2D eigenvalue weighted by molar-refractivity contribution is 0.102. The minimum absolute atomic E-state index is 0.222. The normalized spacial score (nSPS) is 10.2. The minimum Gasteiger partial charge on any atom is -0.341 e. The molecule has 2 rings (SSSR count). The average molecular weight is 284 g/mol. The van der Waals surface area contributed by atoms with Gasteiger partial charge in [0.25, 0.3) is 5.91 Å². The van der Waals surface area contributed by atoms with Gasteiger partial charge in [-0.05, 0) is 39.0 Å². The molecule has 1 amide bonds. The standard InChI is InChI=1S/C16H20N4O/c1-4-20(5-2)16-17-12(3)11-14(19-16)15(21)18-13-9-7-6-8-10-13/h6-11H,4-5H2,1-3H3,(H,18,21). The molecule has 0 spiro atoms. The van der Waals surface area contributed by atoms with E-state index in [1.54, 1.807) is 6.07 Å². The van der Waals surface area contributed by atoms with E-state index in [2.05, 4.69) is 15.3 Å². The van der Waals surface area contributed by atoms with Crippen molar-refractivity contribution in [3.63, 3.8) is 0 Å². The predicted octanol–water partition coefficient (Wildman–Crippen LogP) is 2.88. The summed E-state index contributed by atoms with van der Waals surface area (Å²) in [6.45, 7) is 7.56. The molecule has 2 aromatic rings. The SMILES string of the molecule is CCN(CC)c1nc(C)cc(C(=O)Nc2ccccc2)n1. The van der Waals surface area contributed by atoms with E-state index >= 15 is 0 Å². The lowest BCUT2D eigenvalue weighted by atomic mass is 10.3. The number of nitrogens with one attached hydrogen (secondary N) is 1. The van der Waals surface area contributed by atoms with Gasteiger partial charge in [0.05, 0.1) is 0 Å². The van der Waals surface area contributed by atoms with E-state index in [0.29, 0.717) is 11.6 Å². The van der Waals surface area contributed by atoms with Crippen molar-refractivity contribution in [3.05, 3.63) is 47.8 Å². The largest absolute Gasteiger partial charge is 0.341 e. The number of amides is 1. The number of aryl methyl sites for hydroxylation is 1. The van der Waals surface area contributed by atoms with Gasteiger partial charge in [-0.25, -0.2) is 9.97 Å². The fraction of sp³-hybridized carbons (Fsp3) is 0.312. The van der Waals surface area contributed by atoms with Crippen LogP contribution in [0.2, 0.25) is 0 Å². The molecule has 0 saturated carbocycles. The number of para-hydroxylation sites is 1. The van der Waals surface area contributed by atoms with Gasteiger partial charge in [0.15, 0.2) is 0 Å². The quantitative estimate of drug-likeness (QED) is 0.917. The molecule has 0 aliphatic carbocycles. The lowest BCUT2D eigenvalue weighted by Gasteiger charge is -2.19. The highest BCUT2D eigenvalue weighted by atomic mass is 16.1. The van der Waals surface area contributed by atoms with Crippen LogP contribution >= 0.6 is 0 Å². The molecule has 0 aliphatic rings. The smallest absolute Gasteiger partial charge is 0.274 e. The molecule has 1 aromatic heterocycles. The van der Waals surface area contributed by atoms with Crippen LogP contribution in [-0.2, 0) is 0 Å². The van der Waals surface area contributed by atoms with Crippen LogP contribution in [0.25, 0.3) is 0 Å². The van der Waals surface area contributed by atoms with Crippen molar-refractivity contribution in [2.45, 2.75) is 20.8 Å². The number of anilines is 2. The summed E-state index contributed by atoms with van der Waals surface area (Å²) in [5, 5.41) is 2.84. The van der Waals surface area contributed by atoms with Gasteiger partial charge in [0.2, 0.25) is 5.95 Å². The molecule has 1 N–H and O–H groups in total. The Morgan fingerprint density at radius 3 is 2.43 bits per heavy atom. The van der Waals surface area contributed by atoms with Gasteiger partial charge in [0, 0.05) is 24.5 Å². The molecule has 0 bridgehead atoms.